The van der Waals surface area contributed by atoms with Gasteiger partial charge in [-0.2, -0.15) is 0 Å². The number of hydrogen-bond donors (Lipinski definition) is 0. The SMILES string of the molecule is CCCCCCCC/C=C\CCCCCCCC(=O)OCCCCCCCCCCCCCCCCCCCCCCCCCCOC(=O)CCCCCCC/C=C\CCCCCCCC. The number of hydrogen-bond acceptors (Lipinski definition) is 4. The molecular formula is C62H118O4. The fourth-order valence-electron chi connectivity index (χ4n) is 9.29. The van der Waals surface area contributed by atoms with Gasteiger partial charge in [0.05, 0.1) is 13.2 Å². The van der Waals surface area contributed by atoms with E-state index in [-0.39, 0.29) is 11.9 Å². The Morgan fingerprint density at radius 1 is 0.242 bits per heavy atom. The highest BCUT2D eigenvalue weighted by molar-refractivity contribution is 5.69. The predicted octanol–water partition coefficient (Wildman–Crippen LogP) is 21.5. The lowest BCUT2D eigenvalue weighted by Crippen LogP contribution is -2.05. The molecule has 0 saturated heterocycles. The molecule has 0 radical (unpaired) electrons. The second-order valence-corrected chi connectivity index (χ2v) is 20.6. The molecule has 0 aromatic heterocycles. The highest BCUT2D eigenvalue weighted by Gasteiger charge is 2.04. The highest BCUT2D eigenvalue weighted by Crippen LogP contribution is 2.17. The minimum absolute atomic E-state index is 0.0141. The maximum Gasteiger partial charge on any atom is 0.305 e. The number of rotatable bonds is 57. The van der Waals surface area contributed by atoms with E-state index in [0.29, 0.717) is 26.1 Å². The monoisotopic (exact) mass is 927 g/mol. The maximum atomic E-state index is 12.0. The van der Waals surface area contributed by atoms with Crippen molar-refractivity contribution < 1.29 is 19.1 Å². The number of carbonyl (C=O) groups is 2. The number of allylic oxidation sites excluding steroid dienone is 4. The van der Waals surface area contributed by atoms with Crippen LogP contribution in [0.3, 0.4) is 0 Å². The molecule has 66 heavy (non-hydrogen) atoms. The van der Waals surface area contributed by atoms with Gasteiger partial charge in [-0.1, -0.05) is 282 Å². The van der Waals surface area contributed by atoms with Crippen LogP contribution in [-0.4, -0.2) is 25.2 Å². The smallest absolute Gasteiger partial charge is 0.305 e. The standard InChI is InChI=1S/C62H118O4/c1-3-5-7-9-11-13-15-17-29-33-37-41-45-49-53-57-61(63)65-59-55-51-47-43-39-35-31-27-25-23-21-19-20-22-24-26-28-32-36-40-44-48-52-56-60-66-62(64)58-54-50-46-42-38-34-30-18-16-14-12-10-8-6-4-2/h17-18,29-30H,3-16,19-28,31-60H2,1-2H3/b29-17-,30-18-. The molecule has 0 aliphatic carbocycles. The van der Waals surface area contributed by atoms with Crippen LogP contribution < -0.4 is 0 Å². The van der Waals surface area contributed by atoms with Crippen molar-refractivity contribution in [2.75, 3.05) is 13.2 Å². The third kappa shape index (κ3) is 58.5. The maximum absolute atomic E-state index is 12.0. The van der Waals surface area contributed by atoms with Gasteiger partial charge in [-0.05, 0) is 77.0 Å². The number of ether oxygens (including phenoxy) is 2. The van der Waals surface area contributed by atoms with Crippen molar-refractivity contribution in [3.05, 3.63) is 24.3 Å². The Morgan fingerprint density at radius 2 is 0.424 bits per heavy atom. The summed E-state index contributed by atoms with van der Waals surface area (Å²) in [6.45, 7) is 5.80. The molecule has 0 spiro atoms. The van der Waals surface area contributed by atoms with Crippen molar-refractivity contribution in [1.82, 2.24) is 0 Å². The summed E-state index contributed by atoms with van der Waals surface area (Å²) in [5, 5.41) is 0. The quantitative estimate of drug-likeness (QED) is 0.0346. The van der Waals surface area contributed by atoms with Gasteiger partial charge in [0.2, 0.25) is 0 Å². The summed E-state index contributed by atoms with van der Waals surface area (Å²) in [4.78, 5) is 24.1. The van der Waals surface area contributed by atoms with Gasteiger partial charge in [0, 0.05) is 12.8 Å². The lowest BCUT2D eigenvalue weighted by molar-refractivity contribution is -0.144. The summed E-state index contributed by atoms with van der Waals surface area (Å²) in [6, 6.07) is 0. The van der Waals surface area contributed by atoms with Gasteiger partial charge in [0.15, 0.2) is 0 Å². The highest BCUT2D eigenvalue weighted by atomic mass is 16.5. The van der Waals surface area contributed by atoms with E-state index in [9.17, 15) is 9.59 Å². The minimum atomic E-state index is 0.0141. The molecule has 0 N–H and O–H groups in total. The van der Waals surface area contributed by atoms with Crippen LogP contribution in [0.5, 0.6) is 0 Å². The topological polar surface area (TPSA) is 52.6 Å². The molecule has 4 nitrogen and oxygen atoms in total. The van der Waals surface area contributed by atoms with E-state index in [1.54, 1.807) is 0 Å². The summed E-state index contributed by atoms with van der Waals surface area (Å²) < 4.78 is 11.0. The van der Waals surface area contributed by atoms with Gasteiger partial charge >= 0.3 is 11.9 Å². The van der Waals surface area contributed by atoms with Gasteiger partial charge in [-0.15, -0.1) is 0 Å². The first-order chi connectivity index (χ1) is 32.7. The molecule has 0 aliphatic heterocycles. The van der Waals surface area contributed by atoms with Crippen LogP contribution in [-0.2, 0) is 19.1 Å². The third-order valence-corrected chi connectivity index (χ3v) is 13.9. The Kier molecular flexibility index (Phi) is 58.1. The molecule has 0 atom stereocenters. The van der Waals surface area contributed by atoms with E-state index in [4.69, 9.17) is 9.47 Å². The van der Waals surface area contributed by atoms with E-state index in [2.05, 4.69) is 38.2 Å². The van der Waals surface area contributed by atoms with Crippen molar-refractivity contribution in [2.45, 2.75) is 348 Å². The Balaban J connectivity index is 3.20. The summed E-state index contributed by atoms with van der Waals surface area (Å²) in [5.74, 6) is 0.0281. The Labute approximate surface area is 414 Å². The number of unbranched alkanes of at least 4 members (excludes halogenated alkanes) is 45. The molecule has 0 unspecified atom stereocenters. The first kappa shape index (κ1) is 64.4. The van der Waals surface area contributed by atoms with E-state index in [1.807, 2.05) is 0 Å². The van der Waals surface area contributed by atoms with E-state index >= 15 is 0 Å². The molecule has 0 aromatic carbocycles. The van der Waals surface area contributed by atoms with Crippen molar-refractivity contribution in [2.24, 2.45) is 0 Å². The van der Waals surface area contributed by atoms with Gasteiger partial charge in [0.25, 0.3) is 0 Å². The van der Waals surface area contributed by atoms with Gasteiger partial charge in [-0.25, -0.2) is 0 Å². The predicted molar refractivity (Wildman–Crippen MR) is 292 cm³/mol. The molecule has 0 bridgehead atoms. The first-order valence-corrected chi connectivity index (χ1v) is 30.3. The summed E-state index contributed by atoms with van der Waals surface area (Å²) >= 11 is 0. The fraction of sp³-hybridized carbons (Fsp3) is 0.903. The number of carbonyl (C=O) groups excluding carboxylic acids is 2. The van der Waals surface area contributed by atoms with Crippen LogP contribution in [0.4, 0.5) is 0 Å². The molecule has 0 heterocycles. The molecule has 0 aliphatic rings. The van der Waals surface area contributed by atoms with Gasteiger partial charge < -0.3 is 9.47 Å². The lowest BCUT2D eigenvalue weighted by atomic mass is 10.0. The molecule has 0 saturated carbocycles. The molecular weight excluding hydrogens is 809 g/mol. The first-order valence-electron chi connectivity index (χ1n) is 30.3. The second kappa shape index (κ2) is 59.5. The van der Waals surface area contributed by atoms with Gasteiger partial charge in [0.1, 0.15) is 0 Å². The Bertz CT molecular complexity index is 908. The zero-order chi connectivity index (χ0) is 47.6. The van der Waals surface area contributed by atoms with Crippen LogP contribution in [0.15, 0.2) is 24.3 Å². The summed E-state index contributed by atoms with van der Waals surface area (Å²) in [6.07, 6.45) is 76.4. The molecule has 0 aromatic rings. The second-order valence-electron chi connectivity index (χ2n) is 20.6. The van der Waals surface area contributed by atoms with Crippen molar-refractivity contribution >= 4 is 11.9 Å². The average molecular weight is 928 g/mol. The Morgan fingerprint density at radius 3 is 0.652 bits per heavy atom. The van der Waals surface area contributed by atoms with Crippen molar-refractivity contribution in [3.8, 4) is 0 Å². The summed E-state index contributed by atoms with van der Waals surface area (Å²) in [5.41, 5.74) is 0. The normalized spacial score (nSPS) is 11.7. The van der Waals surface area contributed by atoms with Crippen LogP contribution in [0, 0.1) is 0 Å². The number of esters is 2. The zero-order valence-electron chi connectivity index (χ0n) is 45.1. The molecule has 0 amide bonds. The van der Waals surface area contributed by atoms with Crippen LogP contribution in [0.1, 0.15) is 348 Å². The van der Waals surface area contributed by atoms with E-state index in [0.717, 1.165) is 38.5 Å². The van der Waals surface area contributed by atoms with E-state index < -0.39 is 0 Å². The molecule has 4 heteroatoms. The summed E-state index contributed by atoms with van der Waals surface area (Å²) in [7, 11) is 0. The van der Waals surface area contributed by atoms with Crippen molar-refractivity contribution in [1.29, 1.82) is 0 Å². The lowest BCUT2D eigenvalue weighted by Gasteiger charge is -2.06. The van der Waals surface area contributed by atoms with Gasteiger partial charge in [-0.3, -0.25) is 9.59 Å². The Hall–Kier alpha value is -1.58. The fourth-order valence-corrected chi connectivity index (χ4v) is 9.29. The van der Waals surface area contributed by atoms with Crippen molar-refractivity contribution in [3.63, 3.8) is 0 Å². The van der Waals surface area contributed by atoms with E-state index in [1.165, 1.54) is 283 Å². The van der Waals surface area contributed by atoms with Crippen LogP contribution in [0.25, 0.3) is 0 Å². The third-order valence-electron chi connectivity index (χ3n) is 13.9. The average Bonchev–Trinajstić information content (AvgIpc) is 3.32. The largest absolute Gasteiger partial charge is 0.466 e. The molecule has 0 fully saturated rings. The van der Waals surface area contributed by atoms with Crippen LogP contribution in [0.2, 0.25) is 0 Å². The molecule has 0 rings (SSSR count). The minimum Gasteiger partial charge on any atom is -0.466 e. The zero-order valence-corrected chi connectivity index (χ0v) is 45.1. The van der Waals surface area contributed by atoms with Crippen LogP contribution >= 0.6 is 0 Å². The molecule has 390 valence electrons.